The van der Waals surface area contributed by atoms with Gasteiger partial charge >= 0.3 is 0 Å². The Morgan fingerprint density at radius 3 is 2.12 bits per heavy atom. The maximum absolute atomic E-state index is 5.15. The zero-order valence-corrected chi connectivity index (χ0v) is 11.5. The molecule has 2 heterocycles. The predicted molar refractivity (Wildman–Crippen MR) is 68.4 cm³/mol. The average molecular weight is 229 g/mol. The van der Waals surface area contributed by atoms with E-state index in [9.17, 15) is 0 Å². The van der Waals surface area contributed by atoms with E-state index in [4.69, 9.17) is 4.74 Å². The summed E-state index contributed by atoms with van der Waals surface area (Å²) in [6.45, 7) is 7.62. The van der Waals surface area contributed by atoms with Crippen molar-refractivity contribution in [1.82, 2.24) is 4.90 Å². The summed E-state index contributed by atoms with van der Waals surface area (Å²) in [7, 11) is 6.22. The lowest BCUT2D eigenvalue weighted by Gasteiger charge is -2.26. The monoisotopic (exact) mass is 229 g/mol. The molecule has 0 bridgehead atoms. The number of nitrogens with zero attached hydrogens (tertiary/aromatic N) is 2. The normalized spacial score (nSPS) is 28.9. The van der Waals surface area contributed by atoms with Crippen molar-refractivity contribution in [2.45, 2.75) is 38.8 Å². The summed E-state index contributed by atoms with van der Waals surface area (Å²) in [4.78, 5) is 2.24. The molecule has 2 fully saturated rings. The molecule has 0 radical (unpaired) electrons. The van der Waals surface area contributed by atoms with E-state index in [1.165, 1.54) is 56.3 Å². The molecule has 0 N–H and O–H groups in total. The van der Waals surface area contributed by atoms with Gasteiger partial charge in [-0.25, -0.2) is 0 Å². The average Bonchev–Trinajstić information content (AvgIpc) is 2.89. The molecule has 0 aromatic rings. The highest BCUT2D eigenvalue weighted by Gasteiger charge is 2.23. The minimum absolute atomic E-state index is 0.398. The Hall–Kier alpha value is -0.120. The van der Waals surface area contributed by atoms with Gasteiger partial charge in [0.25, 0.3) is 0 Å². The van der Waals surface area contributed by atoms with E-state index < -0.39 is 0 Å². The van der Waals surface area contributed by atoms with E-state index in [1.807, 2.05) is 0 Å². The molecule has 0 aromatic heterocycles. The van der Waals surface area contributed by atoms with Crippen LogP contribution in [0.1, 0.15) is 32.6 Å². The lowest BCUT2D eigenvalue weighted by Crippen LogP contribution is -2.40. The van der Waals surface area contributed by atoms with Gasteiger partial charge in [0.15, 0.2) is 0 Å². The van der Waals surface area contributed by atoms with E-state index in [-0.39, 0.29) is 0 Å². The molecular formula is C13H29N2O+. The van der Waals surface area contributed by atoms with Crippen LogP contribution in [0.5, 0.6) is 0 Å². The zero-order valence-electron chi connectivity index (χ0n) is 11.5. The van der Waals surface area contributed by atoms with Gasteiger partial charge < -0.3 is 9.22 Å². The Morgan fingerprint density at radius 1 is 1.25 bits per heavy atom. The van der Waals surface area contributed by atoms with Crippen molar-refractivity contribution in [2.24, 2.45) is 0 Å². The fourth-order valence-corrected chi connectivity index (χ4v) is 2.59. The third-order valence-electron chi connectivity index (χ3n) is 4.13. The first-order valence-corrected chi connectivity index (χ1v) is 6.68. The minimum atomic E-state index is 0.398. The van der Waals surface area contributed by atoms with Crippen LogP contribution in [0.4, 0.5) is 0 Å². The molecule has 1 unspecified atom stereocenters. The molecule has 0 saturated carbocycles. The number of rotatable bonds is 2. The highest BCUT2D eigenvalue weighted by molar-refractivity contribution is 4.66. The quantitative estimate of drug-likeness (QED) is 0.671. The van der Waals surface area contributed by atoms with Crippen LogP contribution in [0.2, 0.25) is 0 Å². The van der Waals surface area contributed by atoms with Crippen LogP contribution >= 0.6 is 0 Å². The molecule has 2 aliphatic heterocycles. The van der Waals surface area contributed by atoms with Crippen molar-refractivity contribution in [3.63, 3.8) is 0 Å². The number of hydrogen-bond acceptors (Lipinski definition) is 2. The first kappa shape index (κ1) is 13.9. The van der Waals surface area contributed by atoms with E-state index in [1.54, 1.807) is 7.11 Å². The van der Waals surface area contributed by atoms with Crippen LogP contribution in [0.15, 0.2) is 0 Å². The molecular weight excluding hydrogens is 200 g/mol. The number of likely N-dealkylation sites (tertiary alicyclic amines) is 2. The highest BCUT2D eigenvalue weighted by atomic mass is 16.5. The number of methoxy groups -OCH3 is 1. The van der Waals surface area contributed by atoms with Gasteiger partial charge in [-0.05, 0) is 26.8 Å². The molecule has 2 saturated heterocycles. The lowest BCUT2D eigenvalue weighted by atomic mass is 10.4. The van der Waals surface area contributed by atoms with Gasteiger partial charge in [-0.15, -0.1) is 0 Å². The number of hydrogen-bond donors (Lipinski definition) is 0. The Balaban J connectivity index is 0.000000160. The van der Waals surface area contributed by atoms with Crippen molar-refractivity contribution >= 4 is 0 Å². The summed E-state index contributed by atoms with van der Waals surface area (Å²) in [6.07, 6.45) is 5.78. The second-order valence-electron chi connectivity index (χ2n) is 5.40. The summed E-state index contributed by atoms with van der Waals surface area (Å²) < 4.78 is 6.47. The fraction of sp³-hybridized carbons (Fsp3) is 1.00. The second kappa shape index (κ2) is 6.58. The van der Waals surface area contributed by atoms with Crippen LogP contribution in [-0.4, -0.2) is 63.0 Å². The van der Waals surface area contributed by atoms with Crippen LogP contribution in [0.25, 0.3) is 0 Å². The minimum Gasteiger partial charge on any atom is -0.366 e. The molecule has 16 heavy (non-hydrogen) atoms. The highest BCUT2D eigenvalue weighted by Crippen LogP contribution is 2.14. The first-order valence-electron chi connectivity index (χ1n) is 6.68. The van der Waals surface area contributed by atoms with E-state index in [0.717, 1.165) is 0 Å². The Bertz CT molecular complexity index is 190. The van der Waals surface area contributed by atoms with Gasteiger partial charge in [0.2, 0.25) is 0 Å². The van der Waals surface area contributed by atoms with Crippen LogP contribution < -0.4 is 0 Å². The van der Waals surface area contributed by atoms with Crippen molar-refractivity contribution in [2.75, 3.05) is 47.4 Å². The Kier molecular flexibility index (Phi) is 5.73. The van der Waals surface area contributed by atoms with Gasteiger partial charge in [-0.2, -0.15) is 0 Å². The second-order valence-corrected chi connectivity index (χ2v) is 5.40. The standard InChI is InChI=1S/C7H16N.C6H13NO/c1-3-8(2)6-4-5-7-8;1-7-5-3-4-6(7)8-2/h3-7H2,1-2H3;6H,3-5H2,1-2H3/q+1;. The largest absolute Gasteiger partial charge is 0.366 e. The lowest BCUT2D eigenvalue weighted by molar-refractivity contribution is -0.895. The number of ether oxygens (including phenoxy) is 1. The van der Waals surface area contributed by atoms with Crippen LogP contribution in [0.3, 0.4) is 0 Å². The summed E-state index contributed by atoms with van der Waals surface area (Å²) in [5.41, 5.74) is 0. The molecule has 3 heteroatoms. The smallest absolute Gasteiger partial charge is 0.110 e. The van der Waals surface area contributed by atoms with Gasteiger partial charge in [-0.3, -0.25) is 4.90 Å². The zero-order chi connectivity index (χ0) is 12.0. The van der Waals surface area contributed by atoms with Gasteiger partial charge in [0.1, 0.15) is 6.23 Å². The fourth-order valence-electron chi connectivity index (χ4n) is 2.59. The molecule has 2 aliphatic rings. The Morgan fingerprint density at radius 2 is 1.88 bits per heavy atom. The summed E-state index contributed by atoms with van der Waals surface area (Å²) in [6, 6.07) is 0. The van der Waals surface area contributed by atoms with Crippen molar-refractivity contribution in [1.29, 1.82) is 0 Å². The van der Waals surface area contributed by atoms with E-state index >= 15 is 0 Å². The Labute approximate surface area is 101 Å². The maximum atomic E-state index is 5.15. The van der Waals surface area contributed by atoms with Crippen molar-refractivity contribution < 1.29 is 9.22 Å². The molecule has 0 amide bonds. The topological polar surface area (TPSA) is 12.5 Å². The third kappa shape index (κ3) is 4.04. The SMILES string of the molecule is CC[N+]1(C)CCCC1.COC1CCCN1C. The first-order chi connectivity index (χ1) is 7.61. The van der Waals surface area contributed by atoms with Crippen LogP contribution in [-0.2, 0) is 4.74 Å². The van der Waals surface area contributed by atoms with E-state index in [0.29, 0.717) is 6.23 Å². The molecule has 2 rings (SSSR count). The number of quaternary nitrogens is 1. The molecule has 0 aromatic carbocycles. The maximum Gasteiger partial charge on any atom is 0.110 e. The summed E-state index contributed by atoms with van der Waals surface area (Å²) >= 11 is 0. The molecule has 3 nitrogen and oxygen atoms in total. The third-order valence-corrected chi connectivity index (χ3v) is 4.13. The van der Waals surface area contributed by atoms with E-state index in [2.05, 4.69) is 25.9 Å². The van der Waals surface area contributed by atoms with Gasteiger partial charge in [0, 0.05) is 26.5 Å². The molecule has 96 valence electrons. The van der Waals surface area contributed by atoms with Gasteiger partial charge in [0.05, 0.1) is 26.7 Å². The summed E-state index contributed by atoms with van der Waals surface area (Å²) in [5.74, 6) is 0. The molecule has 1 atom stereocenters. The summed E-state index contributed by atoms with van der Waals surface area (Å²) in [5, 5.41) is 0. The predicted octanol–water partition coefficient (Wildman–Crippen LogP) is 1.93. The van der Waals surface area contributed by atoms with Crippen LogP contribution in [0, 0.1) is 0 Å². The molecule has 0 aliphatic carbocycles. The van der Waals surface area contributed by atoms with Gasteiger partial charge in [-0.1, -0.05) is 0 Å². The molecule has 0 spiro atoms. The van der Waals surface area contributed by atoms with Crippen molar-refractivity contribution in [3.05, 3.63) is 0 Å². The van der Waals surface area contributed by atoms with Crippen molar-refractivity contribution in [3.8, 4) is 0 Å².